The van der Waals surface area contributed by atoms with Crippen molar-refractivity contribution in [1.82, 2.24) is 35.1 Å². The van der Waals surface area contributed by atoms with E-state index in [9.17, 15) is 54.3 Å². The Labute approximate surface area is 392 Å². The highest BCUT2D eigenvalue weighted by molar-refractivity contribution is 6.00. The number of rotatable bonds is 12. The van der Waals surface area contributed by atoms with Gasteiger partial charge in [0.15, 0.2) is 5.78 Å². The number of urea groups is 2. The summed E-state index contributed by atoms with van der Waals surface area (Å²) in [4.78, 5) is 60.8. The first-order valence-electron chi connectivity index (χ1n) is 21.9. The van der Waals surface area contributed by atoms with Gasteiger partial charge >= 0.3 is 36.2 Å². The second-order valence-corrected chi connectivity index (χ2v) is 15.9. The van der Waals surface area contributed by atoms with Crippen LogP contribution in [-0.4, -0.2) is 132 Å². The molecule has 22 heteroatoms. The molecule has 1 N–H and O–H groups in total. The molecule has 2 fully saturated rings. The zero-order valence-corrected chi connectivity index (χ0v) is 37.6. The Kier molecular flexibility index (Phi) is 17.1. The molecule has 14 nitrogen and oxygen atoms in total. The van der Waals surface area contributed by atoms with E-state index in [2.05, 4.69) is 33.8 Å². The van der Waals surface area contributed by atoms with Crippen LogP contribution in [0.5, 0.6) is 0 Å². The number of aromatic nitrogens is 2. The fraction of sp³-hybridized carbons (Fsp3) is 0.362. The third-order valence-corrected chi connectivity index (χ3v) is 11.4. The molecule has 0 unspecified atom stereocenters. The first kappa shape index (κ1) is 51.5. The summed E-state index contributed by atoms with van der Waals surface area (Å²) < 4.78 is 107. The van der Waals surface area contributed by atoms with Crippen LogP contribution in [0.1, 0.15) is 41.2 Å². The molecule has 2 aliphatic heterocycles. The van der Waals surface area contributed by atoms with Crippen LogP contribution in [-0.2, 0) is 24.1 Å². The molecule has 0 bridgehead atoms. The average molecular weight is 972 g/mol. The SMILES string of the molecule is CCN1CCN(C(=O)N(Cc2ccc(-c3nnc(C(F)(F)F)o3)cc2)c2ccc(F)cc2)CC1.CCN1CCN(C(=O)N(Cc2ccc(C(=O)CNC(=O)C(F)(F)F)cc2)c2ccc(F)cc2)CC1. The molecule has 1 aromatic heterocycles. The summed E-state index contributed by atoms with van der Waals surface area (Å²) in [5, 5.41) is 8.03. The van der Waals surface area contributed by atoms with Gasteiger partial charge in [-0.2, -0.15) is 26.3 Å². The van der Waals surface area contributed by atoms with Crippen LogP contribution in [0.4, 0.5) is 56.1 Å². The van der Waals surface area contributed by atoms with E-state index in [-0.39, 0.29) is 36.6 Å². The Bertz CT molecular complexity index is 2490. The number of ketones is 1. The van der Waals surface area contributed by atoms with Gasteiger partial charge in [0.2, 0.25) is 5.89 Å². The van der Waals surface area contributed by atoms with Gasteiger partial charge in [0.1, 0.15) is 11.6 Å². The number of Topliss-reactive ketones (excluding diaryl/α,β-unsaturated/α-hetero) is 1. The fourth-order valence-corrected chi connectivity index (χ4v) is 7.36. The monoisotopic (exact) mass is 971 g/mol. The van der Waals surface area contributed by atoms with E-state index in [1.54, 1.807) is 68.5 Å². The zero-order chi connectivity index (χ0) is 49.9. The maximum absolute atomic E-state index is 13.5. The highest BCUT2D eigenvalue weighted by Crippen LogP contribution is 2.31. The molecular weight excluding hydrogens is 923 g/mol. The van der Waals surface area contributed by atoms with Gasteiger partial charge in [-0.1, -0.05) is 50.2 Å². The van der Waals surface area contributed by atoms with Gasteiger partial charge in [-0.25, -0.2) is 18.4 Å². The van der Waals surface area contributed by atoms with Gasteiger partial charge in [-0.15, -0.1) is 10.2 Å². The van der Waals surface area contributed by atoms with Crippen LogP contribution in [0, 0.1) is 11.6 Å². The largest absolute Gasteiger partial charge is 0.471 e. The zero-order valence-electron chi connectivity index (χ0n) is 37.6. The second-order valence-electron chi connectivity index (χ2n) is 15.9. The normalized spacial score (nSPS) is 14.7. The third kappa shape index (κ3) is 14.1. The summed E-state index contributed by atoms with van der Waals surface area (Å²) >= 11 is 0. The maximum atomic E-state index is 13.5. The molecule has 5 aromatic rings. The number of nitrogens with zero attached hydrogens (tertiary/aromatic N) is 8. The predicted molar refractivity (Wildman–Crippen MR) is 238 cm³/mol. The smallest absolute Gasteiger partial charge is 0.413 e. The first-order valence-corrected chi connectivity index (χ1v) is 21.9. The highest BCUT2D eigenvalue weighted by atomic mass is 19.4. The molecule has 2 aliphatic rings. The number of benzene rings is 4. The van der Waals surface area contributed by atoms with E-state index in [0.29, 0.717) is 48.7 Å². The molecule has 69 heavy (non-hydrogen) atoms. The lowest BCUT2D eigenvalue weighted by Gasteiger charge is -2.37. The van der Waals surface area contributed by atoms with Crippen molar-refractivity contribution >= 4 is 35.1 Å². The van der Waals surface area contributed by atoms with Crippen molar-refractivity contribution in [1.29, 1.82) is 0 Å². The average Bonchev–Trinajstić information content (AvgIpc) is 3.87. The molecule has 5 amide bonds. The first-order chi connectivity index (χ1) is 32.8. The number of hydrogen-bond donors (Lipinski definition) is 1. The molecule has 0 aliphatic carbocycles. The lowest BCUT2D eigenvalue weighted by molar-refractivity contribution is -0.173. The fourth-order valence-electron chi connectivity index (χ4n) is 7.36. The number of alkyl halides is 6. The number of halogens is 8. The Morgan fingerprint density at radius 3 is 1.39 bits per heavy atom. The van der Waals surface area contributed by atoms with Crippen molar-refractivity contribution in [3.8, 4) is 11.5 Å². The summed E-state index contributed by atoms with van der Waals surface area (Å²) in [7, 11) is 0. The minimum absolute atomic E-state index is 0.117. The molecule has 3 heterocycles. The van der Waals surface area contributed by atoms with Crippen LogP contribution in [0.25, 0.3) is 11.5 Å². The van der Waals surface area contributed by atoms with E-state index < -0.39 is 48.1 Å². The van der Waals surface area contributed by atoms with Gasteiger partial charge in [0.05, 0.1) is 19.6 Å². The number of nitrogens with one attached hydrogen (secondary N) is 1. The number of carbonyl (C=O) groups is 4. The van der Waals surface area contributed by atoms with Crippen LogP contribution < -0.4 is 15.1 Å². The summed E-state index contributed by atoms with van der Waals surface area (Å²) in [6.07, 6.45) is -9.78. The summed E-state index contributed by atoms with van der Waals surface area (Å²) in [6.45, 7) is 10.8. The second kappa shape index (κ2) is 22.9. The van der Waals surface area contributed by atoms with Gasteiger partial charge < -0.3 is 29.3 Å². The predicted octanol–water partition coefficient (Wildman–Crippen LogP) is 8.11. The van der Waals surface area contributed by atoms with Crippen molar-refractivity contribution in [3.05, 3.63) is 131 Å². The van der Waals surface area contributed by atoms with Crippen LogP contribution in [0.2, 0.25) is 0 Å². The molecule has 368 valence electrons. The van der Waals surface area contributed by atoms with Crippen molar-refractivity contribution in [3.63, 3.8) is 0 Å². The van der Waals surface area contributed by atoms with E-state index >= 15 is 0 Å². The summed E-state index contributed by atoms with van der Waals surface area (Å²) in [5.74, 6) is -5.37. The number of amides is 5. The van der Waals surface area contributed by atoms with E-state index in [0.717, 1.165) is 44.8 Å². The van der Waals surface area contributed by atoms with Crippen molar-refractivity contribution < 1.29 is 58.7 Å². The minimum Gasteiger partial charge on any atom is -0.413 e. The molecule has 2 saturated heterocycles. The topological polar surface area (TPSA) is 139 Å². The van der Waals surface area contributed by atoms with Gasteiger partial charge in [-0.05, 0) is 84.9 Å². The number of carbonyl (C=O) groups excluding carboxylic acids is 4. The van der Waals surface area contributed by atoms with E-state index in [1.165, 1.54) is 53.4 Å². The lowest BCUT2D eigenvalue weighted by atomic mass is 10.1. The Morgan fingerprint density at radius 2 is 1.01 bits per heavy atom. The standard InChI is InChI=1S/C24H26F4N4O3.C23H23F4N5O2/c1-2-30-11-13-31(14-12-30)23(35)32(20-9-7-19(25)8-10-20)16-17-3-5-18(6-4-17)21(33)15-29-22(34)24(26,27)28;1-2-30-11-13-31(14-12-30)22(33)32(19-9-7-18(24)8-10-19)15-16-3-5-17(6-4-16)20-28-29-21(34-20)23(25,26)27/h3-10H,2,11-16H2,1H3,(H,29,34);3-10H,2,11-15H2,1H3. The number of hydrogen-bond acceptors (Lipinski definition) is 9. The van der Waals surface area contributed by atoms with Gasteiger partial charge in [-0.3, -0.25) is 19.4 Å². The van der Waals surface area contributed by atoms with Gasteiger partial charge in [0.25, 0.3) is 0 Å². The highest BCUT2D eigenvalue weighted by Gasteiger charge is 2.39. The Morgan fingerprint density at radius 1 is 0.594 bits per heavy atom. The van der Waals surface area contributed by atoms with Crippen molar-refractivity contribution in [2.24, 2.45) is 0 Å². The minimum atomic E-state index is -5.07. The lowest BCUT2D eigenvalue weighted by Crippen LogP contribution is -2.52. The van der Waals surface area contributed by atoms with Crippen LogP contribution >= 0.6 is 0 Å². The Hall–Kier alpha value is -6.94. The number of likely N-dealkylation sites (N-methyl/N-ethyl adjacent to an activating group) is 2. The molecular formula is C47H49F8N9O5. The molecule has 4 aromatic carbocycles. The van der Waals surface area contributed by atoms with Crippen LogP contribution in [0.3, 0.4) is 0 Å². The Balaban J connectivity index is 0.000000227. The molecule has 0 radical (unpaired) electrons. The summed E-state index contributed by atoms with van der Waals surface area (Å²) in [6, 6.07) is 23.2. The van der Waals surface area contributed by atoms with E-state index in [4.69, 9.17) is 4.42 Å². The van der Waals surface area contributed by atoms with Gasteiger partial charge in [0, 0.05) is 74.9 Å². The van der Waals surface area contributed by atoms with Crippen LogP contribution in [0.15, 0.2) is 101 Å². The molecule has 0 atom stereocenters. The molecule has 0 saturated carbocycles. The number of anilines is 2. The number of piperazine rings is 2. The summed E-state index contributed by atoms with van der Waals surface area (Å²) in [5.41, 5.74) is 2.87. The maximum Gasteiger partial charge on any atom is 0.471 e. The molecule has 7 rings (SSSR count). The molecule has 0 spiro atoms. The van der Waals surface area contributed by atoms with Crippen molar-refractivity contribution in [2.45, 2.75) is 39.3 Å². The third-order valence-electron chi connectivity index (χ3n) is 11.4. The quantitative estimate of drug-likeness (QED) is 0.0971. The van der Waals surface area contributed by atoms with E-state index in [1.807, 2.05) is 0 Å². The van der Waals surface area contributed by atoms with Crippen molar-refractivity contribution in [2.75, 3.05) is 81.8 Å².